The lowest BCUT2D eigenvalue weighted by Gasteiger charge is -2.28. The van der Waals surface area contributed by atoms with Gasteiger partial charge in [0.15, 0.2) is 0 Å². The van der Waals surface area contributed by atoms with Crippen molar-refractivity contribution in [3.8, 4) is 0 Å². The van der Waals surface area contributed by atoms with E-state index in [-0.39, 0.29) is 0 Å². The molecule has 1 fully saturated rings. The number of hydrogen-bond acceptors (Lipinski definition) is 2. The molecule has 0 unspecified atom stereocenters. The second kappa shape index (κ2) is 6.69. The molecule has 0 aromatic heterocycles. The van der Waals surface area contributed by atoms with Crippen LogP contribution in [0.1, 0.15) is 44.6 Å². The summed E-state index contributed by atoms with van der Waals surface area (Å²) in [5.74, 6) is 0.919. The van der Waals surface area contributed by atoms with Crippen molar-refractivity contribution in [3.63, 3.8) is 0 Å². The van der Waals surface area contributed by atoms with Crippen LogP contribution in [0.25, 0.3) is 0 Å². The molecule has 0 amide bonds. The van der Waals surface area contributed by atoms with E-state index >= 15 is 0 Å². The Morgan fingerprint density at radius 3 is 2.44 bits per heavy atom. The number of carbonyl (C=O) groups is 1. The summed E-state index contributed by atoms with van der Waals surface area (Å²) >= 11 is 0. The van der Waals surface area contributed by atoms with Crippen LogP contribution in [-0.2, 0) is 16.1 Å². The van der Waals surface area contributed by atoms with Crippen molar-refractivity contribution in [2.75, 3.05) is 0 Å². The van der Waals surface area contributed by atoms with Gasteiger partial charge in [-0.1, -0.05) is 30.3 Å². The molecule has 0 saturated heterocycles. The molecule has 1 aliphatic carbocycles. The molecule has 0 N–H and O–H groups in total. The highest BCUT2D eigenvalue weighted by Gasteiger charge is 2.22. The molecule has 1 aliphatic rings. The Morgan fingerprint density at radius 1 is 1.17 bits per heavy atom. The maximum absolute atomic E-state index is 11.1. The lowest BCUT2D eigenvalue weighted by atomic mass is 9.84. The lowest BCUT2D eigenvalue weighted by Crippen LogP contribution is -2.22. The summed E-state index contributed by atoms with van der Waals surface area (Å²) in [7, 11) is 0. The molecule has 0 aliphatic heterocycles. The molecule has 2 rings (SSSR count). The summed E-state index contributed by atoms with van der Waals surface area (Å²) in [6.07, 6.45) is 5.62. The van der Waals surface area contributed by atoms with Crippen LogP contribution < -0.4 is 0 Å². The predicted octanol–water partition coefficient (Wildman–Crippen LogP) is 3.74. The summed E-state index contributed by atoms with van der Waals surface area (Å²) in [5, 5.41) is 0. The molecule has 1 aromatic carbocycles. The van der Waals surface area contributed by atoms with Crippen molar-refractivity contribution in [3.05, 3.63) is 35.9 Å². The summed E-state index contributed by atoms with van der Waals surface area (Å²) in [6, 6.07) is 10.3. The molecule has 2 heteroatoms. The van der Waals surface area contributed by atoms with E-state index in [1.54, 1.807) is 6.92 Å². The lowest BCUT2D eigenvalue weighted by molar-refractivity contribution is -0.118. The van der Waals surface area contributed by atoms with Crippen LogP contribution in [0.2, 0.25) is 0 Å². The van der Waals surface area contributed by atoms with Crippen LogP contribution in [-0.4, -0.2) is 11.9 Å². The minimum Gasteiger partial charge on any atom is -0.374 e. The van der Waals surface area contributed by atoms with E-state index in [0.29, 0.717) is 24.4 Å². The average Bonchev–Trinajstić information content (AvgIpc) is 2.38. The van der Waals surface area contributed by atoms with Gasteiger partial charge < -0.3 is 9.53 Å². The van der Waals surface area contributed by atoms with Gasteiger partial charge in [0, 0.05) is 6.42 Å². The highest BCUT2D eigenvalue weighted by Crippen LogP contribution is 2.29. The summed E-state index contributed by atoms with van der Waals surface area (Å²) in [5.41, 5.74) is 1.24. The maximum Gasteiger partial charge on any atom is 0.130 e. The van der Waals surface area contributed by atoms with Crippen LogP contribution in [0.4, 0.5) is 0 Å². The topological polar surface area (TPSA) is 26.3 Å². The Bertz CT molecular complexity index is 364. The van der Waals surface area contributed by atoms with E-state index in [0.717, 1.165) is 32.1 Å². The third kappa shape index (κ3) is 4.26. The zero-order valence-corrected chi connectivity index (χ0v) is 11.1. The Labute approximate surface area is 109 Å². The monoisotopic (exact) mass is 246 g/mol. The molecule has 0 bridgehead atoms. The van der Waals surface area contributed by atoms with Gasteiger partial charge in [-0.25, -0.2) is 0 Å². The first-order valence-electron chi connectivity index (χ1n) is 6.89. The van der Waals surface area contributed by atoms with Crippen molar-refractivity contribution in [1.82, 2.24) is 0 Å². The van der Waals surface area contributed by atoms with Crippen molar-refractivity contribution >= 4 is 5.78 Å². The van der Waals surface area contributed by atoms with Crippen LogP contribution in [0.3, 0.4) is 0 Å². The van der Waals surface area contributed by atoms with Crippen molar-refractivity contribution < 1.29 is 9.53 Å². The van der Waals surface area contributed by atoms with Crippen molar-refractivity contribution in [1.29, 1.82) is 0 Å². The maximum atomic E-state index is 11.1. The van der Waals surface area contributed by atoms with E-state index in [4.69, 9.17) is 4.74 Å². The standard InChI is InChI=1S/C16H22O2/c1-13(17)11-14-7-9-16(10-8-14)18-12-15-5-3-2-4-6-15/h2-6,14,16H,7-12H2,1H3. The highest BCUT2D eigenvalue weighted by molar-refractivity contribution is 5.75. The van der Waals surface area contributed by atoms with E-state index in [1.165, 1.54) is 5.56 Å². The Kier molecular flexibility index (Phi) is 4.94. The van der Waals surface area contributed by atoms with Crippen molar-refractivity contribution in [2.24, 2.45) is 5.92 Å². The van der Waals surface area contributed by atoms with Gasteiger partial charge in [-0.2, -0.15) is 0 Å². The largest absolute Gasteiger partial charge is 0.374 e. The van der Waals surface area contributed by atoms with Gasteiger partial charge in [0.25, 0.3) is 0 Å². The second-order valence-corrected chi connectivity index (χ2v) is 5.35. The van der Waals surface area contributed by atoms with Crippen LogP contribution in [0.5, 0.6) is 0 Å². The summed E-state index contributed by atoms with van der Waals surface area (Å²) < 4.78 is 5.94. The van der Waals surface area contributed by atoms with Crippen LogP contribution in [0.15, 0.2) is 30.3 Å². The van der Waals surface area contributed by atoms with Gasteiger partial charge in [-0.05, 0) is 44.1 Å². The smallest absolute Gasteiger partial charge is 0.130 e. The molecular formula is C16H22O2. The number of benzene rings is 1. The van der Waals surface area contributed by atoms with Gasteiger partial charge >= 0.3 is 0 Å². The minimum atomic E-state index is 0.323. The van der Waals surface area contributed by atoms with Gasteiger partial charge in [-0.3, -0.25) is 0 Å². The Morgan fingerprint density at radius 2 is 1.83 bits per heavy atom. The number of rotatable bonds is 5. The van der Waals surface area contributed by atoms with Crippen molar-refractivity contribution in [2.45, 2.75) is 51.7 Å². The number of carbonyl (C=O) groups excluding carboxylic acids is 1. The Hall–Kier alpha value is -1.15. The zero-order valence-electron chi connectivity index (χ0n) is 11.1. The minimum absolute atomic E-state index is 0.323. The fraction of sp³-hybridized carbons (Fsp3) is 0.562. The quantitative estimate of drug-likeness (QED) is 0.791. The molecule has 0 atom stereocenters. The highest BCUT2D eigenvalue weighted by atomic mass is 16.5. The normalized spacial score (nSPS) is 23.8. The first kappa shape index (κ1) is 13.3. The fourth-order valence-corrected chi connectivity index (χ4v) is 2.70. The molecule has 18 heavy (non-hydrogen) atoms. The predicted molar refractivity (Wildman–Crippen MR) is 72.3 cm³/mol. The molecule has 0 spiro atoms. The van der Waals surface area contributed by atoms with E-state index in [9.17, 15) is 4.79 Å². The SMILES string of the molecule is CC(=O)CC1CCC(OCc2ccccc2)CC1. The van der Waals surface area contributed by atoms with E-state index in [1.807, 2.05) is 18.2 Å². The number of ether oxygens (including phenoxy) is 1. The zero-order chi connectivity index (χ0) is 12.8. The molecule has 1 aromatic rings. The number of ketones is 1. The molecule has 0 radical (unpaired) electrons. The summed E-state index contributed by atoms with van der Waals surface area (Å²) in [6.45, 7) is 2.40. The molecule has 0 heterocycles. The summed E-state index contributed by atoms with van der Waals surface area (Å²) in [4.78, 5) is 11.1. The van der Waals surface area contributed by atoms with Gasteiger partial charge in [0.1, 0.15) is 5.78 Å². The molecule has 98 valence electrons. The van der Waals surface area contributed by atoms with Gasteiger partial charge in [0.05, 0.1) is 12.7 Å². The Balaban J connectivity index is 1.69. The number of Topliss-reactive ketones (excluding diaryl/α,β-unsaturated/α-hetero) is 1. The molecule has 1 saturated carbocycles. The first-order chi connectivity index (χ1) is 8.74. The van der Waals surface area contributed by atoms with Crippen LogP contribution in [0, 0.1) is 5.92 Å². The van der Waals surface area contributed by atoms with Crippen LogP contribution >= 0.6 is 0 Å². The third-order valence-electron chi connectivity index (χ3n) is 3.70. The molecule has 2 nitrogen and oxygen atoms in total. The third-order valence-corrected chi connectivity index (χ3v) is 3.70. The number of hydrogen-bond donors (Lipinski definition) is 0. The fourth-order valence-electron chi connectivity index (χ4n) is 2.70. The van der Waals surface area contributed by atoms with Gasteiger partial charge in [0.2, 0.25) is 0 Å². The van der Waals surface area contributed by atoms with Gasteiger partial charge in [-0.15, -0.1) is 0 Å². The first-order valence-corrected chi connectivity index (χ1v) is 6.89. The van der Waals surface area contributed by atoms with E-state index in [2.05, 4.69) is 12.1 Å². The second-order valence-electron chi connectivity index (χ2n) is 5.35. The van der Waals surface area contributed by atoms with E-state index < -0.39 is 0 Å². The average molecular weight is 246 g/mol. The molecular weight excluding hydrogens is 224 g/mol.